The maximum Gasteiger partial charge on any atom is 0.312 e. The summed E-state index contributed by atoms with van der Waals surface area (Å²) in [5.41, 5.74) is 0.809. The molecule has 0 amide bonds. The fraction of sp³-hybridized carbons (Fsp3) is 0.421. The van der Waals surface area contributed by atoms with Crippen LogP contribution in [0.4, 0.5) is 0 Å². The highest BCUT2D eigenvalue weighted by Crippen LogP contribution is 2.37. The van der Waals surface area contributed by atoms with Gasteiger partial charge in [-0.3, -0.25) is 4.79 Å². The lowest BCUT2D eigenvalue weighted by atomic mass is 9.76. The standard InChI is InChI=1S/C19H22O2/c1-19(12-5-2-6-13-19)18(20)21-14-16-10-7-9-15-8-3-4-11-17(15)16/h3-4,7-11H,2,5-6,12-14H2,1H3. The van der Waals surface area contributed by atoms with E-state index in [0.717, 1.165) is 31.2 Å². The third kappa shape index (κ3) is 2.94. The Bertz CT molecular complexity index is 634. The molecule has 1 aliphatic rings. The lowest BCUT2D eigenvalue weighted by Crippen LogP contribution is -2.31. The van der Waals surface area contributed by atoms with Gasteiger partial charge in [0.05, 0.1) is 5.41 Å². The maximum absolute atomic E-state index is 12.4. The number of carbonyl (C=O) groups is 1. The molecule has 3 rings (SSSR count). The molecule has 21 heavy (non-hydrogen) atoms. The van der Waals surface area contributed by atoms with Crippen LogP contribution in [0.15, 0.2) is 42.5 Å². The molecule has 0 heterocycles. The molecular formula is C19H22O2. The van der Waals surface area contributed by atoms with Gasteiger partial charge in [0, 0.05) is 0 Å². The largest absolute Gasteiger partial charge is 0.460 e. The number of esters is 1. The SMILES string of the molecule is CC1(C(=O)OCc2cccc3ccccc23)CCCCC1. The summed E-state index contributed by atoms with van der Waals surface area (Å²) in [5, 5.41) is 2.36. The van der Waals surface area contributed by atoms with Crippen LogP contribution < -0.4 is 0 Å². The number of carbonyl (C=O) groups excluding carboxylic acids is 1. The van der Waals surface area contributed by atoms with Crippen LogP contribution in [-0.4, -0.2) is 5.97 Å². The molecule has 1 aliphatic carbocycles. The molecule has 0 bridgehead atoms. The van der Waals surface area contributed by atoms with Crippen molar-refractivity contribution in [1.82, 2.24) is 0 Å². The average molecular weight is 282 g/mol. The van der Waals surface area contributed by atoms with Gasteiger partial charge in [-0.25, -0.2) is 0 Å². The number of fused-ring (bicyclic) bond motifs is 1. The summed E-state index contributed by atoms with van der Waals surface area (Å²) in [5.74, 6) is -0.0323. The lowest BCUT2D eigenvalue weighted by Gasteiger charge is -2.31. The molecule has 2 aromatic carbocycles. The van der Waals surface area contributed by atoms with Crippen molar-refractivity contribution in [2.45, 2.75) is 45.6 Å². The van der Waals surface area contributed by atoms with Crippen molar-refractivity contribution in [3.63, 3.8) is 0 Å². The Hall–Kier alpha value is -1.83. The first kappa shape index (κ1) is 14.1. The highest BCUT2D eigenvalue weighted by Gasteiger charge is 2.36. The number of rotatable bonds is 3. The average Bonchev–Trinajstić information content (AvgIpc) is 2.53. The monoisotopic (exact) mass is 282 g/mol. The van der Waals surface area contributed by atoms with Gasteiger partial charge in [0.25, 0.3) is 0 Å². The van der Waals surface area contributed by atoms with Crippen molar-refractivity contribution in [1.29, 1.82) is 0 Å². The molecule has 0 spiro atoms. The second-order valence-corrected chi connectivity index (χ2v) is 6.34. The van der Waals surface area contributed by atoms with E-state index < -0.39 is 0 Å². The van der Waals surface area contributed by atoms with Crippen molar-refractivity contribution < 1.29 is 9.53 Å². The highest BCUT2D eigenvalue weighted by atomic mass is 16.5. The van der Waals surface area contributed by atoms with E-state index in [9.17, 15) is 4.79 Å². The van der Waals surface area contributed by atoms with Crippen molar-refractivity contribution in [2.75, 3.05) is 0 Å². The molecule has 1 saturated carbocycles. The van der Waals surface area contributed by atoms with E-state index in [2.05, 4.69) is 25.1 Å². The van der Waals surface area contributed by atoms with E-state index in [1.54, 1.807) is 0 Å². The van der Waals surface area contributed by atoms with Crippen molar-refractivity contribution in [3.05, 3.63) is 48.0 Å². The molecule has 0 aliphatic heterocycles. The molecule has 110 valence electrons. The molecule has 0 atom stereocenters. The zero-order valence-corrected chi connectivity index (χ0v) is 12.6. The Kier molecular flexibility index (Phi) is 3.96. The second kappa shape index (κ2) is 5.88. The zero-order chi connectivity index (χ0) is 14.7. The zero-order valence-electron chi connectivity index (χ0n) is 12.6. The van der Waals surface area contributed by atoms with Gasteiger partial charge in [-0.2, -0.15) is 0 Å². The molecule has 2 aromatic rings. The fourth-order valence-electron chi connectivity index (χ4n) is 3.27. The van der Waals surface area contributed by atoms with Gasteiger partial charge in [0.1, 0.15) is 6.61 Å². The van der Waals surface area contributed by atoms with Gasteiger partial charge in [0.2, 0.25) is 0 Å². The summed E-state index contributed by atoms with van der Waals surface area (Å²) in [6.45, 7) is 2.42. The van der Waals surface area contributed by atoms with Gasteiger partial charge in [-0.15, -0.1) is 0 Å². The Labute approximate surface area is 126 Å². The Morgan fingerprint density at radius 2 is 1.76 bits per heavy atom. The number of ether oxygens (including phenoxy) is 1. The first-order valence-electron chi connectivity index (χ1n) is 7.83. The minimum Gasteiger partial charge on any atom is -0.460 e. The van der Waals surface area contributed by atoms with Gasteiger partial charge >= 0.3 is 5.97 Å². The minimum atomic E-state index is -0.275. The summed E-state index contributed by atoms with van der Waals surface area (Å²) in [4.78, 5) is 12.4. The van der Waals surface area contributed by atoms with Crippen molar-refractivity contribution in [3.8, 4) is 0 Å². The van der Waals surface area contributed by atoms with Crippen LogP contribution in [-0.2, 0) is 16.1 Å². The van der Waals surface area contributed by atoms with Crippen molar-refractivity contribution in [2.24, 2.45) is 5.41 Å². The van der Waals surface area contributed by atoms with Crippen LogP contribution in [0.3, 0.4) is 0 Å². The molecule has 0 radical (unpaired) electrons. The summed E-state index contributed by atoms with van der Waals surface area (Å²) in [6, 6.07) is 14.4. The first-order valence-corrected chi connectivity index (χ1v) is 7.83. The van der Waals surface area contributed by atoms with Crippen molar-refractivity contribution >= 4 is 16.7 Å². The summed E-state index contributed by atoms with van der Waals surface area (Å²) >= 11 is 0. The van der Waals surface area contributed by atoms with Gasteiger partial charge in [0.15, 0.2) is 0 Å². The van der Waals surface area contributed by atoms with Crippen LogP contribution in [0.5, 0.6) is 0 Å². The molecule has 0 saturated heterocycles. The topological polar surface area (TPSA) is 26.3 Å². The first-order chi connectivity index (χ1) is 10.2. The summed E-state index contributed by atoms with van der Waals surface area (Å²) in [7, 11) is 0. The summed E-state index contributed by atoms with van der Waals surface area (Å²) < 4.78 is 5.64. The predicted molar refractivity (Wildman–Crippen MR) is 84.9 cm³/mol. The van der Waals surface area contributed by atoms with Crippen LogP contribution in [0.1, 0.15) is 44.6 Å². The molecular weight excluding hydrogens is 260 g/mol. The van der Waals surface area contributed by atoms with E-state index in [4.69, 9.17) is 4.74 Å². The summed E-state index contributed by atoms with van der Waals surface area (Å²) in [6.07, 6.45) is 5.44. The van der Waals surface area contributed by atoms with Gasteiger partial charge in [-0.1, -0.05) is 61.7 Å². The van der Waals surface area contributed by atoms with E-state index in [0.29, 0.717) is 6.61 Å². The Morgan fingerprint density at radius 3 is 2.57 bits per heavy atom. The molecule has 0 unspecified atom stereocenters. The molecule has 1 fully saturated rings. The third-order valence-electron chi connectivity index (χ3n) is 4.69. The normalized spacial score (nSPS) is 17.6. The Morgan fingerprint density at radius 1 is 1.05 bits per heavy atom. The second-order valence-electron chi connectivity index (χ2n) is 6.34. The fourth-order valence-corrected chi connectivity index (χ4v) is 3.27. The minimum absolute atomic E-state index is 0.0323. The molecule has 0 aromatic heterocycles. The van der Waals surface area contributed by atoms with Crippen LogP contribution in [0.25, 0.3) is 10.8 Å². The van der Waals surface area contributed by atoms with Crippen LogP contribution in [0.2, 0.25) is 0 Å². The highest BCUT2D eigenvalue weighted by molar-refractivity contribution is 5.86. The number of hydrogen-bond acceptors (Lipinski definition) is 2. The van der Waals surface area contributed by atoms with Crippen LogP contribution in [0, 0.1) is 5.41 Å². The smallest absolute Gasteiger partial charge is 0.312 e. The molecule has 2 heteroatoms. The van der Waals surface area contributed by atoms with Gasteiger partial charge < -0.3 is 4.74 Å². The lowest BCUT2D eigenvalue weighted by molar-refractivity contribution is -0.158. The van der Waals surface area contributed by atoms with E-state index in [1.807, 2.05) is 24.3 Å². The quantitative estimate of drug-likeness (QED) is 0.752. The number of benzene rings is 2. The maximum atomic E-state index is 12.4. The molecule has 2 nitrogen and oxygen atoms in total. The molecule has 0 N–H and O–H groups in total. The van der Waals surface area contributed by atoms with Crippen LogP contribution >= 0.6 is 0 Å². The number of hydrogen-bond donors (Lipinski definition) is 0. The van der Waals surface area contributed by atoms with E-state index in [1.165, 1.54) is 17.2 Å². The van der Waals surface area contributed by atoms with E-state index >= 15 is 0 Å². The van der Waals surface area contributed by atoms with Gasteiger partial charge in [-0.05, 0) is 36.1 Å². The Balaban J connectivity index is 1.73. The third-order valence-corrected chi connectivity index (χ3v) is 4.69. The van der Waals surface area contributed by atoms with E-state index in [-0.39, 0.29) is 11.4 Å². The predicted octanol–water partition coefficient (Wildman–Crippen LogP) is 4.85.